The SMILES string of the molecule is CC(C)NC(=O)Cn1c(CNC(=O)c2ccccc2Cl)nc2ccccc21. The Hall–Kier alpha value is -2.86. The number of benzene rings is 2. The molecular weight excluding hydrogens is 364 g/mol. The van der Waals surface area contributed by atoms with Crippen LogP contribution in [-0.2, 0) is 17.9 Å². The highest BCUT2D eigenvalue weighted by molar-refractivity contribution is 6.33. The number of imidazole rings is 1. The summed E-state index contributed by atoms with van der Waals surface area (Å²) in [6, 6.07) is 14.5. The molecule has 0 aliphatic heterocycles. The molecule has 2 N–H and O–H groups in total. The predicted molar refractivity (Wildman–Crippen MR) is 106 cm³/mol. The number of carbonyl (C=O) groups excluding carboxylic acids is 2. The van der Waals surface area contributed by atoms with Gasteiger partial charge >= 0.3 is 0 Å². The van der Waals surface area contributed by atoms with Crippen LogP contribution >= 0.6 is 11.6 Å². The summed E-state index contributed by atoms with van der Waals surface area (Å²) in [6.45, 7) is 4.15. The number of fused-ring (bicyclic) bond motifs is 1. The number of carbonyl (C=O) groups is 2. The first-order valence-corrected chi connectivity index (χ1v) is 9.09. The van der Waals surface area contributed by atoms with Crippen LogP contribution in [0, 0.1) is 0 Å². The highest BCUT2D eigenvalue weighted by atomic mass is 35.5. The van der Waals surface area contributed by atoms with E-state index in [1.54, 1.807) is 24.3 Å². The van der Waals surface area contributed by atoms with E-state index in [-0.39, 0.29) is 30.9 Å². The Balaban J connectivity index is 1.83. The van der Waals surface area contributed by atoms with E-state index >= 15 is 0 Å². The van der Waals surface area contributed by atoms with Gasteiger partial charge in [-0.05, 0) is 38.1 Å². The van der Waals surface area contributed by atoms with Gasteiger partial charge in [-0.3, -0.25) is 9.59 Å². The first-order valence-electron chi connectivity index (χ1n) is 8.72. The number of nitrogens with zero attached hydrogens (tertiary/aromatic N) is 2. The second kappa shape index (κ2) is 8.22. The third-order valence-corrected chi connectivity index (χ3v) is 4.34. The number of hydrogen-bond acceptors (Lipinski definition) is 3. The molecule has 0 fully saturated rings. The molecule has 7 heteroatoms. The second-order valence-corrected chi connectivity index (χ2v) is 6.89. The first kappa shape index (κ1) is 18.9. The second-order valence-electron chi connectivity index (χ2n) is 6.49. The fourth-order valence-electron chi connectivity index (χ4n) is 2.85. The van der Waals surface area contributed by atoms with Crippen molar-refractivity contribution in [3.05, 3.63) is 64.9 Å². The lowest BCUT2D eigenvalue weighted by Crippen LogP contribution is -2.34. The fourth-order valence-corrected chi connectivity index (χ4v) is 3.07. The minimum Gasteiger partial charge on any atom is -0.352 e. The van der Waals surface area contributed by atoms with Crippen molar-refractivity contribution in [3.8, 4) is 0 Å². The van der Waals surface area contributed by atoms with Crippen molar-refractivity contribution in [3.63, 3.8) is 0 Å². The van der Waals surface area contributed by atoms with E-state index in [2.05, 4.69) is 15.6 Å². The average molecular weight is 385 g/mol. The Kier molecular flexibility index (Phi) is 5.76. The van der Waals surface area contributed by atoms with E-state index in [1.165, 1.54) is 0 Å². The van der Waals surface area contributed by atoms with Gasteiger partial charge in [-0.25, -0.2) is 4.98 Å². The van der Waals surface area contributed by atoms with Gasteiger partial charge in [0.2, 0.25) is 5.91 Å². The van der Waals surface area contributed by atoms with Gasteiger partial charge in [-0.1, -0.05) is 35.9 Å². The Morgan fingerprint density at radius 3 is 2.56 bits per heavy atom. The van der Waals surface area contributed by atoms with Crippen LogP contribution < -0.4 is 10.6 Å². The lowest BCUT2D eigenvalue weighted by Gasteiger charge is -2.12. The van der Waals surface area contributed by atoms with Gasteiger partial charge in [-0.15, -0.1) is 0 Å². The largest absolute Gasteiger partial charge is 0.352 e. The summed E-state index contributed by atoms with van der Waals surface area (Å²) in [6.07, 6.45) is 0. The molecule has 1 heterocycles. The Bertz CT molecular complexity index is 981. The summed E-state index contributed by atoms with van der Waals surface area (Å²) >= 11 is 6.08. The van der Waals surface area contributed by atoms with Crippen LogP contribution in [0.3, 0.4) is 0 Å². The number of halogens is 1. The van der Waals surface area contributed by atoms with E-state index < -0.39 is 0 Å². The van der Waals surface area contributed by atoms with Crippen LogP contribution in [0.4, 0.5) is 0 Å². The Morgan fingerprint density at radius 2 is 1.81 bits per heavy atom. The van der Waals surface area contributed by atoms with Crippen LogP contribution in [0.15, 0.2) is 48.5 Å². The number of amides is 2. The highest BCUT2D eigenvalue weighted by Gasteiger charge is 2.16. The van der Waals surface area contributed by atoms with Crippen molar-refractivity contribution >= 4 is 34.4 Å². The van der Waals surface area contributed by atoms with Crippen LogP contribution in [0.1, 0.15) is 30.0 Å². The molecule has 1 aromatic heterocycles. The Morgan fingerprint density at radius 1 is 1.11 bits per heavy atom. The van der Waals surface area contributed by atoms with Gasteiger partial charge in [0.05, 0.1) is 28.2 Å². The van der Waals surface area contributed by atoms with Gasteiger partial charge in [0.25, 0.3) is 5.91 Å². The van der Waals surface area contributed by atoms with Crippen molar-refractivity contribution < 1.29 is 9.59 Å². The molecule has 27 heavy (non-hydrogen) atoms. The molecule has 140 valence electrons. The van der Waals surface area contributed by atoms with E-state index in [9.17, 15) is 9.59 Å². The van der Waals surface area contributed by atoms with Crippen molar-refractivity contribution in [1.29, 1.82) is 0 Å². The van der Waals surface area contributed by atoms with E-state index in [4.69, 9.17) is 11.6 Å². The summed E-state index contributed by atoms with van der Waals surface area (Å²) in [5.41, 5.74) is 2.02. The molecule has 0 aliphatic rings. The smallest absolute Gasteiger partial charge is 0.253 e. The van der Waals surface area contributed by atoms with E-state index in [0.29, 0.717) is 16.4 Å². The van der Waals surface area contributed by atoms with Gasteiger partial charge < -0.3 is 15.2 Å². The van der Waals surface area contributed by atoms with Gasteiger partial charge in [0, 0.05) is 6.04 Å². The van der Waals surface area contributed by atoms with Crippen LogP contribution in [0.5, 0.6) is 0 Å². The molecule has 0 aliphatic carbocycles. The molecule has 0 bridgehead atoms. The number of rotatable bonds is 6. The highest BCUT2D eigenvalue weighted by Crippen LogP contribution is 2.17. The topological polar surface area (TPSA) is 76.0 Å². The maximum atomic E-state index is 12.4. The first-order chi connectivity index (χ1) is 13.0. The summed E-state index contributed by atoms with van der Waals surface area (Å²) in [7, 11) is 0. The number of nitrogens with one attached hydrogen (secondary N) is 2. The minimum absolute atomic E-state index is 0.0515. The zero-order valence-corrected chi connectivity index (χ0v) is 16.0. The maximum Gasteiger partial charge on any atom is 0.253 e. The quantitative estimate of drug-likeness (QED) is 0.685. The standard InChI is InChI=1S/C20H21ClN4O2/c1-13(2)23-19(26)12-25-17-10-6-5-9-16(17)24-18(25)11-22-20(27)14-7-3-4-8-15(14)21/h3-10,13H,11-12H2,1-2H3,(H,22,27)(H,23,26). The summed E-state index contributed by atoms with van der Waals surface area (Å²) < 4.78 is 1.82. The predicted octanol–water partition coefficient (Wildman–Crippen LogP) is 3.14. The molecule has 0 radical (unpaired) electrons. The molecule has 0 saturated heterocycles. The third kappa shape index (κ3) is 4.46. The van der Waals surface area contributed by atoms with Crippen LogP contribution in [-0.4, -0.2) is 27.4 Å². The van der Waals surface area contributed by atoms with Crippen molar-refractivity contribution in [2.24, 2.45) is 0 Å². The van der Waals surface area contributed by atoms with E-state index in [0.717, 1.165) is 11.0 Å². The molecule has 3 aromatic rings. The van der Waals surface area contributed by atoms with Crippen LogP contribution in [0.2, 0.25) is 5.02 Å². The summed E-state index contributed by atoms with van der Waals surface area (Å²) in [5, 5.41) is 6.10. The average Bonchev–Trinajstić information content (AvgIpc) is 2.97. The molecule has 0 unspecified atom stereocenters. The number of aromatic nitrogens is 2. The number of para-hydroxylation sites is 2. The maximum absolute atomic E-state index is 12.4. The normalized spacial score (nSPS) is 11.0. The molecule has 0 atom stereocenters. The molecule has 6 nitrogen and oxygen atoms in total. The zero-order valence-electron chi connectivity index (χ0n) is 15.2. The zero-order chi connectivity index (χ0) is 19.4. The van der Waals surface area contributed by atoms with Crippen molar-refractivity contribution in [1.82, 2.24) is 20.2 Å². The number of hydrogen-bond donors (Lipinski definition) is 2. The summed E-state index contributed by atoms with van der Waals surface area (Å²) in [5.74, 6) is 0.216. The third-order valence-electron chi connectivity index (χ3n) is 4.01. The molecule has 0 saturated carbocycles. The van der Waals surface area contributed by atoms with Crippen molar-refractivity contribution in [2.75, 3.05) is 0 Å². The lowest BCUT2D eigenvalue weighted by molar-refractivity contribution is -0.122. The Labute approximate surface area is 162 Å². The van der Waals surface area contributed by atoms with Crippen LogP contribution in [0.25, 0.3) is 11.0 Å². The van der Waals surface area contributed by atoms with Gasteiger partial charge in [0.1, 0.15) is 12.4 Å². The van der Waals surface area contributed by atoms with Crippen molar-refractivity contribution in [2.45, 2.75) is 33.0 Å². The minimum atomic E-state index is -0.286. The monoisotopic (exact) mass is 384 g/mol. The molecule has 0 spiro atoms. The lowest BCUT2D eigenvalue weighted by atomic mass is 10.2. The van der Waals surface area contributed by atoms with E-state index in [1.807, 2.05) is 42.7 Å². The summed E-state index contributed by atoms with van der Waals surface area (Å²) in [4.78, 5) is 29.2. The molecule has 2 aromatic carbocycles. The fraction of sp³-hybridized carbons (Fsp3) is 0.250. The molecule has 2 amide bonds. The molecular formula is C20H21ClN4O2. The van der Waals surface area contributed by atoms with Gasteiger partial charge in [-0.2, -0.15) is 0 Å². The van der Waals surface area contributed by atoms with Gasteiger partial charge in [0.15, 0.2) is 0 Å². The molecule has 3 rings (SSSR count).